The first-order valence-corrected chi connectivity index (χ1v) is 8.16. The van der Waals surface area contributed by atoms with Gasteiger partial charge in [-0.3, -0.25) is 0 Å². The van der Waals surface area contributed by atoms with Crippen LogP contribution in [0.2, 0.25) is 0 Å². The minimum absolute atomic E-state index is 0.137. The van der Waals surface area contributed by atoms with Gasteiger partial charge in [-0.05, 0) is 69.1 Å². The predicted molar refractivity (Wildman–Crippen MR) is 89.1 cm³/mol. The third-order valence-electron chi connectivity index (χ3n) is 5.05. The van der Waals surface area contributed by atoms with Crippen LogP contribution in [0.1, 0.15) is 51.5 Å². The minimum atomic E-state index is -0.196. The Morgan fingerprint density at radius 2 is 1.95 bits per heavy atom. The molecule has 0 saturated carbocycles. The molecule has 1 aromatic carbocycles. The lowest BCUT2D eigenvalue weighted by Crippen LogP contribution is -2.30. The first-order chi connectivity index (χ1) is 10.5. The Hall–Kier alpha value is -1.26. The van der Waals surface area contributed by atoms with Crippen molar-refractivity contribution >= 4 is 7.12 Å². The van der Waals surface area contributed by atoms with Crippen molar-refractivity contribution in [1.82, 2.24) is 0 Å². The molecule has 3 rings (SSSR count). The molecule has 1 aliphatic heterocycles. The molecule has 0 spiro atoms. The number of hydrogen-bond acceptors (Lipinski definition) is 3. The van der Waals surface area contributed by atoms with Crippen LogP contribution in [0.15, 0.2) is 35.8 Å². The topological polar surface area (TPSA) is 27.7 Å². The normalized spacial score (nSPS) is 27.6. The molecule has 4 heteroatoms. The van der Waals surface area contributed by atoms with Crippen molar-refractivity contribution < 1.29 is 14.0 Å². The summed E-state index contributed by atoms with van der Waals surface area (Å²) in [5.41, 5.74) is 2.50. The summed E-state index contributed by atoms with van der Waals surface area (Å²) >= 11 is 0. The van der Waals surface area contributed by atoms with Crippen molar-refractivity contribution in [2.45, 2.75) is 57.7 Å². The van der Waals surface area contributed by atoms with Gasteiger partial charge in [0.2, 0.25) is 0 Å². The summed E-state index contributed by atoms with van der Waals surface area (Å²) in [4.78, 5) is 0. The number of methoxy groups -OCH3 is 1. The molecule has 2 aliphatic rings. The van der Waals surface area contributed by atoms with Crippen LogP contribution in [-0.2, 0) is 9.31 Å². The zero-order chi connectivity index (χ0) is 15.7. The third-order valence-corrected chi connectivity index (χ3v) is 5.05. The Labute approximate surface area is 133 Å². The van der Waals surface area contributed by atoms with Crippen LogP contribution in [0, 0.1) is 0 Å². The highest BCUT2D eigenvalue weighted by atomic mass is 16.7. The number of allylic oxidation sites excluding steroid dienone is 2. The molecular weight excluding hydrogens is 275 g/mol. The Kier molecular flexibility index (Phi) is 4.33. The second-order valence-electron chi connectivity index (χ2n) is 6.86. The molecular formula is C18H25BO3. The molecule has 0 N–H and O–H groups in total. The Morgan fingerprint density at radius 3 is 2.45 bits per heavy atom. The first-order valence-electron chi connectivity index (χ1n) is 8.16. The highest BCUT2D eigenvalue weighted by molar-refractivity contribution is 6.54. The van der Waals surface area contributed by atoms with Gasteiger partial charge in [0.25, 0.3) is 0 Å². The second kappa shape index (κ2) is 6.09. The number of ether oxygens (including phenoxy) is 1. The zero-order valence-electron chi connectivity index (χ0n) is 14.0. The van der Waals surface area contributed by atoms with Crippen LogP contribution >= 0.6 is 0 Å². The third kappa shape index (κ3) is 3.08. The van der Waals surface area contributed by atoms with E-state index in [0.717, 1.165) is 25.0 Å². The molecule has 2 unspecified atom stereocenters. The van der Waals surface area contributed by atoms with Crippen LogP contribution in [-0.4, -0.2) is 25.9 Å². The molecule has 22 heavy (non-hydrogen) atoms. The molecule has 118 valence electrons. The van der Waals surface area contributed by atoms with Crippen LogP contribution in [0.25, 0.3) is 0 Å². The highest BCUT2D eigenvalue weighted by Gasteiger charge is 2.45. The Morgan fingerprint density at radius 1 is 1.23 bits per heavy atom. The Balaban J connectivity index is 1.64. The van der Waals surface area contributed by atoms with E-state index in [-0.39, 0.29) is 18.8 Å². The standard InChI is InChI=1S/C18H25BO3/c1-13-18(2,3)22-19(21-13)16-9-5-14(6-10-16)15-7-11-17(20-4)12-8-15/h7-9,11-14H,5-6,10H2,1-4H3. The monoisotopic (exact) mass is 300 g/mol. The summed E-state index contributed by atoms with van der Waals surface area (Å²) < 4.78 is 17.3. The average molecular weight is 300 g/mol. The summed E-state index contributed by atoms with van der Waals surface area (Å²) in [6.07, 6.45) is 5.70. The molecule has 1 aromatic rings. The maximum absolute atomic E-state index is 6.06. The van der Waals surface area contributed by atoms with Crippen LogP contribution < -0.4 is 4.74 Å². The van der Waals surface area contributed by atoms with Gasteiger partial charge in [-0.25, -0.2) is 0 Å². The van der Waals surface area contributed by atoms with Crippen molar-refractivity contribution in [1.29, 1.82) is 0 Å². The van der Waals surface area contributed by atoms with Gasteiger partial charge in [-0.2, -0.15) is 0 Å². The van der Waals surface area contributed by atoms with Crippen LogP contribution in [0.4, 0.5) is 0 Å². The zero-order valence-corrected chi connectivity index (χ0v) is 14.0. The minimum Gasteiger partial charge on any atom is -0.497 e. The molecule has 1 saturated heterocycles. The van der Waals surface area contributed by atoms with E-state index in [4.69, 9.17) is 14.0 Å². The van der Waals surface area contributed by atoms with Gasteiger partial charge in [0, 0.05) is 0 Å². The molecule has 0 radical (unpaired) electrons. The van der Waals surface area contributed by atoms with Gasteiger partial charge < -0.3 is 14.0 Å². The maximum atomic E-state index is 6.06. The van der Waals surface area contributed by atoms with E-state index in [1.165, 1.54) is 11.0 Å². The first kappa shape index (κ1) is 15.6. The summed E-state index contributed by atoms with van der Waals surface area (Å²) in [5, 5.41) is 0. The van der Waals surface area contributed by atoms with Crippen molar-refractivity contribution in [3.05, 3.63) is 41.4 Å². The van der Waals surface area contributed by atoms with E-state index in [9.17, 15) is 0 Å². The van der Waals surface area contributed by atoms with Gasteiger partial charge in [0.15, 0.2) is 0 Å². The quantitative estimate of drug-likeness (QED) is 0.786. The molecule has 1 heterocycles. The molecule has 3 nitrogen and oxygen atoms in total. The lowest BCUT2D eigenvalue weighted by atomic mass is 9.70. The lowest BCUT2D eigenvalue weighted by Gasteiger charge is -2.24. The summed E-state index contributed by atoms with van der Waals surface area (Å²) in [7, 11) is 1.55. The van der Waals surface area contributed by atoms with E-state index in [1.807, 2.05) is 12.1 Å². The van der Waals surface area contributed by atoms with E-state index in [2.05, 4.69) is 39.0 Å². The number of hydrogen-bond donors (Lipinski definition) is 0. The van der Waals surface area contributed by atoms with E-state index >= 15 is 0 Å². The predicted octanol–water partition coefficient (Wildman–Crippen LogP) is 4.13. The van der Waals surface area contributed by atoms with Gasteiger partial charge in [0.1, 0.15) is 5.75 Å². The summed E-state index contributed by atoms with van der Waals surface area (Å²) in [6.45, 7) is 6.28. The molecule has 1 aliphatic carbocycles. The average Bonchev–Trinajstić information content (AvgIpc) is 2.81. The van der Waals surface area contributed by atoms with Gasteiger partial charge in [0.05, 0.1) is 18.8 Å². The van der Waals surface area contributed by atoms with E-state index in [0.29, 0.717) is 5.92 Å². The van der Waals surface area contributed by atoms with E-state index in [1.54, 1.807) is 7.11 Å². The van der Waals surface area contributed by atoms with Crippen molar-refractivity contribution in [2.75, 3.05) is 7.11 Å². The SMILES string of the molecule is COc1ccc(C2CC=C(B3OC(C)C(C)(C)O3)CC2)cc1. The van der Waals surface area contributed by atoms with Crippen molar-refractivity contribution in [2.24, 2.45) is 0 Å². The second-order valence-corrected chi connectivity index (χ2v) is 6.86. The van der Waals surface area contributed by atoms with Crippen LogP contribution in [0.3, 0.4) is 0 Å². The smallest absolute Gasteiger partial charge is 0.490 e. The highest BCUT2D eigenvalue weighted by Crippen LogP contribution is 2.37. The summed E-state index contributed by atoms with van der Waals surface area (Å²) in [6, 6.07) is 8.44. The number of rotatable bonds is 3. The number of benzene rings is 1. The lowest BCUT2D eigenvalue weighted by molar-refractivity contribution is 0.0841. The summed E-state index contributed by atoms with van der Waals surface area (Å²) in [5.74, 6) is 1.50. The molecule has 0 aromatic heterocycles. The van der Waals surface area contributed by atoms with Gasteiger partial charge >= 0.3 is 7.12 Å². The fraction of sp³-hybridized carbons (Fsp3) is 0.556. The largest absolute Gasteiger partial charge is 0.497 e. The molecule has 1 fully saturated rings. The molecule has 0 bridgehead atoms. The van der Waals surface area contributed by atoms with Gasteiger partial charge in [-0.15, -0.1) is 0 Å². The maximum Gasteiger partial charge on any atom is 0.490 e. The fourth-order valence-corrected chi connectivity index (χ4v) is 3.16. The fourth-order valence-electron chi connectivity index (χ4n) is 3.16. The molecule has 2 atom stereocenters. The van der Waals surface area contributed by atoms with Crippen LogP contribution in [0.5, 0.6) is 5.75 Å². The Bertz CT molecular complexity index is 550. The van der Waals surface area contributed by atoms with Crippen molar-refractivity contribution in [3.63, 3.8) is 0 Å². The molecule has 0 amide bonds. The van der Waals surface area contributed by atoms with E-state index < -0.39 is 0 Å². The van der Waals surface area contributed by atoms with Gasteiger partial charge in [-0.1, -0.05) is 18.2 Å². The van der Waals surface area contributed by atoms with Crippen molar-refractivity contribution in [3.8, 4) is 5.75 Å².